The molecule has 1 amide bonds. The molecular weight excluding hydrogens is 268 g/mol. The average molecular weight is 288 g/mol. The van der Waals surface area contributed by atoms with Crippen LogP contribution in [0.15, 0.2) is 6.07 Å². The Balaban J connectivity index is 1.85. The molecule has 1 unspecified atom stereocenters. The van der Waals surface area contributed by atoms with Gasteiger partial charge in [0.2, 0.25) is 5.82 Å². The molecule has 3 heterocycles. The Morgan fingerprint density at radius 3 is 2.95 bits per heavy atom. The van der Waals surface area contributed by atoms with Crippen LogP contribution in [-0.2, 0) is 0 Å². The van der Waals surface area contributed by atoms with Gasteiger partial charge in [0.15, 0.2) is 0 Å². The van der Waals surface area contributed by atoms with E-state index in [1.165, 1.54) is 0 Å². The van der Waals surface area contributed by atoms with Gasteiger partial charge in [-0.1, -0.05) is 0 Å². The summed E-state index contributed by atoms with van der Waals surface area (Å²) in [6.07, 6.45) is 2.10. The van der Waals surface area contributed by atoms with Crippen molar-refractivity contribution in [2.75, 3.05) is 20.1 Å². The van der Waals surface area contributed by atoms with Crippen molar-refractivity contribution < 1.29 is 4.79 Å². The summed E-state index contributed by atoms with van der Waals surface area (Å²) in [5, 5.41) is 11.1. The van der Waals surface area contributed by atoms with Crippen LogP contribution in [0.1, 0.15) is 34.8 Å². The maximum absolute atomic E-state index is 12.5. The molecule has 3 rings (SSSR count). The molecule has 1 fully saturated rings. The fourth-order valence-corrected chi connectivity index (χ4v) is 2.91. The molecule has 1 atom stereocenters. The van der Waals surface area contributed by atoms with Crippen LogP contribution in [0.5, 0.6) is 0 Å². The van der Waals surface area contributed by atoms with Gasteiger partial charge in [-0.2, -0.15) is 0 Å². The fraction of sp³-hybridized carbons (Fsp3) is 0.571. The molecule has 1 aliphatic heterocycles. The molecule has 0 bridgehead atoms. The van der Waals surface area contributed by atoms with Crippen LogP contribution < -0.4 is 5.32 Å². The van der Waals surface area contributed by atoms with Crippen LogP contribution in [0.2, 0.25) is 0 Å². The number of likely N-dealkylation sites (N-methyl/N-ethyl adjacent to an activating group) is 1. The van der Waals surface area contributed by atoms with E-state index in [-0.39, 0.29) is 11.9 Å². The average Bonchev–Trinajstić information content (AvgIpc) is 2.82. The summed E-state index contributed by atoms with van der Waals surface area (Å²) in [4.78, 5) is 19.0. The van der Waals surface area contributed by atoms with E-state index in [1.807, 2.05) is 19.9 Å². The standard InChI is InChI=1S/C14H20N6O/c1-9-7-10(2)20-12(17-18-14(20)15-9)13(21)16-11-5-4-6-19(3)8-11/h7,11H,4-6,8H2,1-3H3,(H,16,21). The number of nitrogens with zero attached hydrogens (tertiary/aromatic N) is 5. The lowest BCUT2D eigenvalue weighted by molar-refractivity contribution is 0.0900. The monoisotopic (exact) mass is 288 g/mol. The van der Waals surface area contributed by atoms with E-state index in [2.05, 4.69) is 32.4 Å². The molecule has 2 aromatic heterocycles. The predicted molar refractivity (Wildman–Crippen MR) is 78.2 cm³/mol. The van der Waals surface area contributed by atoms with Gasteiger partial charge >= 0.3 is 0 Å². The van der Waals surface area contributed by atoms with Crippen LogP contribution >= 0.6 is 0 Å². The second-order valence-electron chi connectivity index (χ2n) is 5.77. The van der Waals surface area contributed by atoms with Gasteiger partial charge in [0.1, 0.15) is 0 Å². The van der Waals surface area contributed by atoms with Crippen molar-refractivity contribution in [3.05, 3.63) is 23.3 Å². The number of rotatable bonds is 2. The molecule has 0 radical (unpaired) electrons. The van der Waals surface area contributed by atoms with Crippen molar-refractivity contribution in [1.29, 1.82) is 0 Å². The highest BCUT2D eigenvalue weighted by Gasteiger charge is 2.23. The predicted octanol–water partition coefficient (Wildman–Crippen LogP) is 0.565. The zero-order valence-corrected chi connectivity index (χ0v) is 12.6. The minimum Gasteiger partial charge on any atom is -0.345 e. The van der Waals surface area contributed by atoms with Crippen molar-refractivity contribution in [2.45, 2.75) is 32.7 Å². The number of aryl methyl sites for hydroxylation is 2. The third-order valence-corrected chi connectivity index (χ3v) is 3.86. The number of hydrogen-bond donors (Lipinski definition) is 1. The molecule has 1 N–H and O–H groups in total. The van der Waals surface area contributed by atoms with Crippen molar-refractivity contribution in [2.24, 2.45) is 0 Å². The maximum atomic E-state index is 12.5. The number of hydrogen-bond acceptors (Lipinski definition) is 5. The second-order valence-corrected chi connectivity index (χ2v) is 5.77. The number of carbonyl (C=O) groups excluding carboxylic acids is 1. The van der Waals surface area contributed by atoms with Crippen LogP contribution in [0.4, 0.5) is 0 Å². The molecular formula is C14H20N6O. The second kappa shape index (κ2) is 5.40. The van der Waals surface area contributed by atoms with E-state index in [1.54, 1.807) is 4.40 Å². The van der Waals surface area contributed by atoms with Crippen molar-refractivity contribution in [1.82, 2.24) is 29.8 Å². The Labute approximate surface area is 123 Å². The smallest absolute Gasteiger partial charge is 0.289 e. The van der Waals surface area contributed by atoms with Crippen LogP contribution in [-0.4, -0.2) is 56.6 Å². The lowest BCUT2D eigenvalue weighted by Gasteiger charge is -2.29. The SMILES string of the molecule is Cc1cc(C)n2c(C(=O)NC3CCCN(C)C3)nnc2n1. The summed E-state index contributed by atoms with van der Waals surface area (Å²) in [6, 6.07) is 2.09. The molecule has 0 saturated carbocycles. The van der Waals surface area contributed by atoms with Crippen LogP contribution in [0.25, 0.3) is 5.78 Å². The summed E-state index contributed by atoms with van der Waals surface area (Å²) in [7, 11) is 2.07. The molecule has 2 aromatic rings. The van der Waals surface area contributed by atoms with Gasteiger partial charge in [-0.25, -0.2) is 4.98 Å². The van der Waals surface area contributed by atoms with Crippen molar-refractivity contribution in [3.63, 3.8) is 0 Å². The molecule has 21 heavy (non-hydrogen) atoms. The minimum atomic E-state index is -0.184. The van der Waals surface area contributed by atoms with E-state index in [9.17, 15) is 4.79 Å². The Bertz CT molecular complexity index is 679. The van der Waals surface area contributed by atoms with E-state index < -0.39 is 0 Å². The topological polar surface area (TPSA) is 75.4 Å². The lowest BCUT2D eigenvalue weighted by atomic mass is 10.1. The van der Waals surface area contributed by atoms with Gasteiger partial charge in [0, 0.05) is 24.0 Å². The number of fused-ring (bicyclic) bond motifs is 1. The summed E-state index contributed by atoms with van der Waals surface area (Å²) in [6.45, 7) is 5.79. The number of nitrogens with one attached hydrogen (secondary N) is 1. The number of amides is 1. The van der Waals surface area contributed by atoms with Crippen molar-refractivity contribution >= 4 is 11.7 Å². The first-order valence-corrected chi connectivity index (χ1v) is 7.23. The van der Waals surface area contributed by atoms with Gasteiger partial charge in [-0.05, 0) is 46.3 Å². The molecule has 0 aliphatic carbocycles. The Morgan fingerprint density at radius 2 is 2.19 bits per heavy atom. The molecule has 7 nitrogen and oxygen atoms in total. The summed E-state index contributed by atoms with van der Waals surface area (Å²) in [5.41, 5.74) is 1.78. The van der Waals surface area contributed by atoms with Gasteiger partial charge in [-0.3, -0.25) is 9.20 Å². The third-order valence-electron chi connectivity index (χ3n) is 3.86. The van der Waals surface area contributed by atoms with Gasteiger partial charge in [0.05, 0.1) is 0 Å². The van der Waals surface area contributed by atoms with E-state index >= 15 is 0 Å². The highest BCUT2D eigenvalue weighted by Crippen LogP contribution is 2.11. The maximum Gasteiger partial charge on any atom is 0.289 e. The molecule has 0 spiro atoms. The quantitative estimate of drug-likeness (QED) is 0.874. The highest BCUT2D eigenvalue weighted by molar-refractivity contribution is 5.91. The fourth-order valence-electron chi connectivity index (χ4n) is 2.91. The number of piperidine rings is 1. The summed E-state index contributed by atoms with van der Waals surface area (Å²) >= 11 is 0. The molecule has 7 heteroatoms. The largest absolute Gasteiger partial charge is 0.345 e. The number of carbonyl (C=O) groups is 1. The summed E-state index contributed by atoms with van der Waals surface area (Å²) in [5.74, 6) is 0.596. The number of likely N-dealkylation sites (tertiary alicyclic amines) is 1. The van der Waals surface area contributed by atoms with Crippen LogP contribution in [0, 0.1) is 13.8 Å². The first-order valence-electron chi connectivity index (χ1n) is 7.23. The third kappa shape index (κ3) is 2.73. The van der Waals surface area contributed by atoms with Gasteiger partial charge < -0.3 is 10.2 Å². The summed E-state index contributed by atoms with van der Waals surface area (Å²) < 4.78 is 1.70. The normalized spacial score (nSPS) is 19.9. The molecule has 1 aliphatic rings. The molecule has 112 valence electrons. The lowest BCUT2D eigenvalue weighted by Crippen LogP contribution is -2.46. The molecule has 1 saturated heterocycles. The minimum absolute atomic E-state index is 0.169. The first kappa shape index (κ1) is 13.9. The van der Waals surface area contributed by atoms with E-state index in [0.29, 0.717) is 11.6 Å². The van der Waals surface area contributed by atoms with E-state index in [0.717, 1.165) is 37.3 Å². The van der Waals surface area contributed by atoms with Gasteiger partial charge in [0.25, 0.3) is 11.7 Å². The Kier molecular flexibility index (Phi) is 3.59. The van der Waals surface area contributed by atoms with Gasteiger partial charge in [-0.15, -0.1) is 10.2 Å². The van der Waals surface area contributed by atoms with E-state index in [4.69, 9.17) is 0 Å². The highest BCUT2D eigenvalue weighted by atomic mass is 16.2. The van der Waals surface area contributed by atoms with Crippen LogP contribution in [0.3, 0.4) is 0 Å². The zero-order chi connectivity index (χ0) is 15.0. The van der Waals surface area contributed by atoms with Crippen molar-refractivity contribution in [3.8, 4) is 0 Å². The zero-order valence-electron chi connectivity index (χ0n) is 12.6. The Morgan fingerprint density at radius 1 is 1.38 bits per heavy atom. The molecule has 0 aromatic carbocycles. The number of aromatic nitrogens is 4. The Hall–Kier alpha value is -2.02. The first-order chi connectivity index (χ1) is 10.0.